The van der Waals surface area contributed by atoms with Crippen LogP contribution in [0.1, 0.15) is 10.4 Å². The molecule has 3 N–H and O–H groups in total. The Morgan fingerprint density at radius 3 is 2.57 bits per heavy atom. The SMILES string of the molecule is COc1ccnc(NNC(=O)c2cccc(NS(=O)(=O)c3ccccc3)c2)n1. The third kappa shape index (κ3) is 4.74. The number of rotatable bonds is 7. The number of hydrogen-bond donors (Lipinski definition) is 3. The molecule has 9 nitrogen and oxygen atoms in total. The highest BCUT2D eigenvalue weighted by Gasteiger charge is 2.14. The molecule has 0 bridgehead atoms. The second-order valence-corrected chi connectivity index (χ2v) is 7.18. The Bertz CT molecular complexity index is 1070. The first-order chi connectivity index (χ1) is 13.5. The number of methoxy groups -OCH3 is 1. The predicted octanol–water partition coefficient (Wildman–Crippen LogP) is 2.04. The maximum absolute atomic E-state index is 12.4. The first-order valence-electron chi connectivity index (χ1n) is 8.09. The molecule has 0 spiro atoms. The molecular formula is C18H17N5O4S. The van der Waals surface area contributed by atoms with Crippen LogP contribution in [0.25, 0.3) is 0 Å². The lowest BCUT2D eigenvalue weighted by Gasteiger charge is -2.10. The Kier molecular flexibility index (Phi) is 5.70. The summed E-state index contributed by atoms with van der Waals surface area (Å²) in [5.74, 6) is -0.00937. The Labute approximate surface area is 161 Å². The van der Waals surface area contributed by atoms with E-state index in [0.29, 0.717) is 5.88 Å². The molecule has 1 heterocycles. The Morgan fingerprint density at radius 1 is 1.04 bits per heavy atom. The van der Waals surface area contributed by atoms with Crippen LogP contribution in [0.15, 0.2) is 71.8 Å². The monoisotopic (exact) mass is 399 g/mol. The number of carbonyl (C=O) groups excluding carboxylic acids is 1. The minimum atomic E-state index is -3.75. The number of amides is 1. The lowest BCUT2D eigenvalue weighted by Crippen LogP contribution is -2.30. The van der Waals surface area contributed by atoms with Crippen molar-refractivity contribution >= 4 is 27.6 Å². The number of ether oxygens (including phenoxy) is 1. The summed E-state index contributed by atoms with van der Waals surface area (Å²) in [5, 5.41) is 0. The minimum absolute atomic E-state index is 0.127. The fraction of sp³-hybridized carbons (Fsp3) is 0.0556. The van der Waals surface area contributed by atoms with Gasteiger partial charge in [-0.1, -0.05) is 24.3 Å². The Hall–Kier alpha value is -3.66. The van der Waals surface area contributed by atoms with E-state index >= 15 is 0 Å². The normalized spacial score (nSPS) is 10.8. The summed E-state index contributed by atoms with van der Waals surface area (Å²) in [5.41, 5.74) is 5.51. The number of benzene rings is 2. The highest BCUT2D eigenvalue weighted by Crippen LogP contribution is 2.17. The summed E-state index contributed by atoms with van der Waals surface area (Å²) in [6.07, 6.45) is 1.47. The highest BCUT2D eigenvalue weighted by molar-refractivity contribution is 7.92. The van der Waals surface area contributed by atoms with Gasteiger partial charge in [-0.2, -0.15) is 4.98 Å². The highest BCUT2D eigenvalue weighted by atomic mass is 32.2. The van der Waals surface area contributed by atoms with Gasteiger partial charge in [0, 0.05) is 23.5 Å². The molecule has 10 heteroatoms. The molecule has 0 aliphatic carbocycles. The fourth-order valence-electron chi connectivity index (χ4n) is 2.24. The maximum Gasteiger partial charge on any atom is 0.269 e. The van der Waals surface area contributed by atoms with E-state index in [9.17, 15) is 13.2 Å². The lowest BCUT2D eigenvalue weighted by atomic mass is 10.2. The van der Waals surface area contributed by atoms with E-state index in [4.69, 9.17) is 4.74 Å². The molecule has 0 radical (unpaired) electrons. The zero-order valence-corrected chi connectivity index (χ0v) is 15.6. The van der Waals surface area contributed by atoms with Crippen LogP contribution >= 0.6 is 0 Å². The van der Waals surface area contributed by atoms with E-state index in [1.165, 1.54) is 31.5 Å². The smallest absolute Gasteiger partial charge is 0.269 e. The molecule has 3 aromatic rings. The molecule has 3 rings (SSSR count). The minimum Gasteiger partial charge on any atom is -0.481 e. The molecule has 1 amide bonds. The molecule has 1 aromatic heterocycles. The first-order valence-corrected chi connectivity index (χ1v) is 9.57. The molecule has 144 valence electrons. The fourth-order valence-corrected chi connectivity index (χ4v) is 3.31. The number of carbonyl (C=O) groups is 1. The third-order valence-electron chi connectivity index (χ3n) is 3.56. The van der Waals surface area contributed by atoms with Gasteiger partial charge in [0.15, 0.2) is 0 Å². The van der Waals surface area contributed by atoms with E-state index in [1.807, 2.05) is 0 Å². The summed E-state index contributed by atoms with van der Waals surface area (Å²) in [7, 11) is -2.29. The largest absolute Gasteiger partial charge is 0.481 e. The number of aromatic nitrogens is 2. The van der Waals surface area contributed by atoms with E-state index in [-0.39, 0.29) is 22.1 Å². The van der Waals surface area contributed by atoms with Crippen molar-refractivity contribution in [3.8, 4) is 5.88 Å². The zero-order chi connectivity index (χ0) is 20.0. The van der Waals surface area contributed by atoms with Crippen LogP contribution in [-0.2, 0) is 10.0 Å². The van der Waals surface area contributed by atoms with Crippen molar-refractivity contribution in [2.75, 3.05) is 17.3 Å². The van der Waals surface area contributed by atoms with Gasteiger partial charge in [0.2, 0.25) is 11.8 Å². The summed E-state index contributed by atoms with van der Waals surface area (Å²) >= 11 is 0. The Balaban J connectivity index is 1.69. The van der Waals surface area contributed by atoms with Crippen LogP contribution in [0.3, 0.4) is 0 Å². The lowest BCUT2D eigenvalue weighted by molar-refractivity contribution is 0.0962. The first kappa shape index (κ1) is 19.1. The van der Waals surface area contributed by atoms with Crippen LogP contribution in [-0.4, -0.2) is 31.4 Å². The molecule has 0 unspecified atom stereocenters. The van der Waals surface area contributed by atoms with Gasteiger partial charge >= 0.3 is 0 Å². The number of hydrogen-bond acceptors (Lipinski definition) is 7. The molecule has 0 aliphatic rings. The van der Waals surface area contributed by atoms with Crippen LogP contribution in [0, 0.1) is 0 Å². The third-order valence-corrected chi connectivity index (χ3v) is 4.95. The van der Waals surface area contributed by atoms with Crippen LogP contribution in [0.2, 0.25) is 0 Å². The van der Waals surface area contributed by atoms with Crippen molar-refractivity contribution in [3.05, 3.63) is 72.4 Å². The second-order valence-electron chi connectivity index (χ2n) is 5.50. The van der Waals surface area contributed by atoms with E-state index in [1.54, 1.807) is 42.5 Å². The summed E-state index contributed by atoms with van der Waals surface area (Å²) in [6, 6.07) is 15.6. The summed E-state index contributed by atoms with van der Waals surface area (Å²) in [6.45, 7) is 0. The molecule has 0 fully saturated rings. The summed E-state index contributed by atoms with van der Waals surface area (Å²) < 4.78 is 32.2. The number of anilines is 2. The molecule has 28 heavy (non-hydrogen) atoms. The quantitative estimate of drug-likeness (QED) is 0.520. The van der Waals surface area contributed by atoms with Gasteiger partial charge in [0.05, 0.1) is 12.0 Å². The van der Waals surface area contributed by atoms with Crippen molar-refractivity contribution in [1.82, 2.24) is 15.4 Å². The predicted molar refractivity (Wildman–Crippen MR) is 103 cm³/mol. The van der Waals surface area contributed by atoms with Crippen LogP contribution in [0.4, 0.5) is 11.6 Å². The van der Waals surface area contributed by atoms with E-state index < -0.39 is 15.9 Å². The zero-order valence-electron chi connectivity index (χ0n) is 14.8. The van der Waals surface area contributed by atoms with Crippen LogP contribution < -0.4 is 20.3 Å². The molecule has 0 atom stereocenters. The molecular weight excluding hydrogens is 382 g/mol. The van der Waals surface area contributed by atoms with Crippen LogP contribution in [0.5, 0.6) is 5.88 Å². The van der Waals surface area contributed by atoms with Gasteiger partial charge in [0.1, 0.15) is 0 Å². The Morgan fingerprint density at radius 2 is 1.82 bits per heavy atom. The van der Waals surface area contributed by atoms with Gasteiger partial charge in [0.25, 0.3) is 15.9 Å². The van der Waals surface area contributed by atoms with Crippen molar-refractivity contribution in [1.29, 1.82) is 0 Å². The standard InChI is InChI=1S/C18H17N5O4S/c1-27-16-10-11-19-18(20-16)22-21-17(24)13-6-5-7-14(12-13)23-28(25,26)15-8-3-2-4-9-15/h2-12,23H,1H3,(H,21,24)(H,19,20,22). The topological polar surface area (TPSA) is 122 Å². The van der Waals surface area contributed by atoms with Gasteiger partial charge in [-0.25, -0.2) is 13.4 Å². The molecule has 2 aromatic carbocycles. The van der Waals surface area contributed by atoms with Crippen molar-refractivity contribution < 1.29 is 17.9 Å². The number of nitrogens with zero attached hydrogens (tertiary/aromatic N) is 2. The van der Waals surface area contributed by atoms with Crippen molar-refractivity contribution in [2.24, 2.45) is 0 Å². The van der Waals surface area contributed by atoms with Gasteiger partial charge in [-0.05, 0) is 30.3 Å². The van der Waals surface area contributed by atoms with E-state index in [2.05, 4.69) is 25.5 Å². The van der Waals surface area contributed by atoms with E-state index in [0.717, 1.165) is 0 Å². The van der Waals surface area contributed by atoms with Gasteiger partial charge in [-0.3, -0.25) is 20.4 Å². The molecule has 0 saturated heterocycles. The van der Waals surface area contributed by atoms with Gasteiger partial charge < -0.3 is 4.74 Å². The van der Waals surface area contributed by atoms with Crippen molar-refractivity contribution in [3.63, 3.8) is 0 Å². The van der Waals surface area contributed by atoms with Crippen molar-refractivity contribution in [2.45, 2.75) is 4.90 Å². The number of nitrogens with one attached hydrogen (secondary N) is 3. The molecule has 0 saturated carbocycles. The van der Waals surface area contributed by atoms with Gasteiger partial charge in [-0.15, -0.1) is 0 Å². The number of sulfonamides is 1. The molecule has 0 aliphatic heterocycles. The number of hydrazine groups is 1. The summed E-state index contributed by atoms with van der Waals surface area (Å²) in [4.78, 5) is 20.4. The average molecular weight is 399 g/mol. The maximum atomic E-state index is 12.4. The second kappa shape index (κ2) is 8.35. The average Bonchev–Trinajstić information content (AvgIpc) is 2.72.